The average molecular weight is 415 g/mol. The van der Waals surface area contributed by atoms with E-state index < -0.39 is 0 Å². The van der Waals surface area contributed by atoms with Crippen LogP contribution in [0.5, 0.6) is 0 Å². The molecule has 3 rings (SSSR count). The Kier molecular flexibility index (Phi) is 7.31. The number of anilines is 2. The number of aryl methyl sites for hydroxylation is 1. The molecule has 1 N–H and O–H groups in total. The quantitative estimate of drug-likeness (QED) is 0.554. The van der Waals surface area contributed by atoms with Gasteiger partial charge in [0.2, 0.25) is 11.8 Å². The first-order chi connectivity index (χ1) is 14.0. The van der Waals surface area contributed by atoms with E-state index in [1.54, 1.807) is 24.0 Å². The minimum atomic E-state index is -0.324. The summed E-state index contributed by atoms with van der Waals surface area (Å²) in [5, 5.41) is 2.71. The molecule has 6 heteroatoms. The van der Waals surface area contributed by atoms with Gasteiger partial charge in [-0.2, -0.15) is 0 Å². The molecule has 1 fully saturated rings. The summed E-state index contributed by atoms with van der Waals surface area (Å²) in [6.45, 7) is 3.84. The fraction of sp³-hybridized carbons (Fsp3) is 0.391. The lowest BCUT2D eigenvalue weighted by Gasteiger charge is -2.25. The lowest BCUT2D eigenvalue weighted by molar-refractivity contribution is -0.117. The van der Waals surface area contributed by atoms with Crippen LogP contribution < -0.4 is 10.2 Å². The molecular formula is C23H27FN2O2S. The second-order valence-corrected chi connectivity index (χ2v) is 8.41. The van der Waals surface area contributed by atoms with Gasteiger partial charge in [0.05, 0.1) is 5.75 Å². The van der Waals surface area contributed by atoms with Crippen LogP contribution >= 0.6 is 11.8 Å². The number of carbonyl (C=O) groups is 2. The highest BCUT2D eigenvalue weighted by Crippen LogP contribution is 2.42. The Labute approximate surface area is 175 Å². The van der Waals surface area contributed by atoms with Gasteiger partial charge in [-0.1, -0.05) is 44.4 Å². The Bertz CT molecular complexity index is 887. The van der Waals surface area contributed by atoms with E-state index in [2.05, 4.69) is 12.2 Å². The molecule has 0 unspecified atom stereocenters. The van der Waals surface area contributed by atoms with E-state index in [-0.39, 0.29) is 23.0 Å². The third kappa shape index (κ3) is 5.38. The van der Waals surface area contributed by atoms with E-state index in [0.717, 1.165) is 36.9 Å². The molecule has 1 heterocycles. The van der Waals surface area contributed by atoms with Crippen LogP contribution in [0.2, 0.25) is 0 Å². The van der Waals surface area contributed by atoms with Crippen molar-refractivity contribution in [3.05, 3.63) is 59.4 Å². The van der Waals surface area contributed by atoms with E-state index >= 15 is 0 Å². The maximum atomic E-state index is 14.1. The maximum Gasteiger partial charge on any atom is 0.238 e. The van der Waals surface area contributed by atoms with Crippen molar-refractivity contribution >= 4 is 35.0 Å². The summed E-state index contributed by atoms with van der Waals surface area (Å²) in [6.07, 6.45) is 4.75. The largest absolute Gasteiger partial charge is 0.326 e. The Morgan fingerprint density at radius 2 is 2.03 bits per heavy atom. The number of benzene rings is 2. The Hall–Kier alpha value is -2.34. The van der Waals surface area contributed by atoms with Crippen molar-refractivity contribution < 1.29 is 14.0 Å². The van der Waals surface area contributed by atoms with Gasteiger partial charge in [0.15, 0.2) is 0 Å². The number of amides is 2. The molecule has 1 saturated heterocycles. The third-order valence-corrected chi connectivity index (χ3v) is 6.23. The number of unbranched alkanes of at least 4 members (excludes halogenated alkanes) is 3. The van der Waals surface area contributed by atoms with E-state index in [0.29, 0.717) is 23.4 Å². The number of halogens is 1. The third-order valence-electron chi connectivity index (χ3n) is 5.01. The second-order valence-electron chi connectivity index (χ2n) is 7.34. The van der Waals surface area contributed by atoms with Crippen molar-refractivity contribution in [1.82, 2.24) is 0 Å². The Morgan fingerprint density at radius 3 is 2.79 bits per heavy atom. The summed E-state index contributed by atoms with van der Waals surface area (Å²) in [5.41, 5.74) is 2.73. The van der Waals surface area contributed by atoms with Crippen molar-refractivity contribution in [3.63, 3.8) is 0 Å². The molecule has 29 heavy (non-hydrogen) atoms. The monoisotopic (exact) mass is 414 g/mol. The summed E-state index contributed by atoms with van der Waals surface area (Å²) in [4.78, 5) is 26.3. The van der Waals surface area contributed by atoms with Gasteiger partial charge in [0, 0.05) is 17.8 Å². The van der Waals surface area contributed by atoms with Crippen LogP contribution in [-0.4, -0.2) is 17.6 Å². The molecule has 0 saturated carbocycles. The van der Waals surface area contributed by atoms with Crippen LogP contribution in [0.1, 0.15) is 55.5 Å². The highest BCUT2D eigenvalue weighted by Gasteiger charge is 2.34. The molecule has 2 aromatic carbocycles. The molecule has 0 spiro atoms. The number of nitrogens with zero attached hydrogens (tertiary/aromatic N) is 1. The van der Waals surface area contributed by atoms with Crippen molar-refractivity contribution in [3.8, 4) is 0 Å². The first-order valence-electron chi connectivity index (χ1n) is 10.1. The van der Waals surface area contributed by atoms with Crippen LogP contribution in [0.3, 0.4) is 0 Å². The smallest absolute Gasteiger partial charge is 0.238 e. The molecule has 1 aliphatic rings. The predicted octanol–water partition coefficient (Wildman–Crippen LogP) is 5.82. The van der Waals surface area contributed by atoms with Gasteiger partial charge < -0.3 is 5.32 Å². The van der Waals surface area contributed by atoms with E-state index in [1.807, 2.05) is 24.3 Å². The molecule has 1 atom stereocenters. The molecule has 0 bridgehead atoms. The van der Waals surface area contributed by atoms with Crippen molar-refractivity contribution in [2.45, 2.75) is 51.3 Å². The van der Waals surface area contributed by atoms with Crippen LogP contribution in [-0.2, 0) is 9.59 Å². The van der Waals surface area contributed by atoms with Crippen molar-refractivity contribution in [1.29, 1.82) is 0 Å². The minimum Gasteiger partial charge on any atom is -0.326 e. The molecule has 4 nitrogen and oxygen atoms in total. The van der Waals surface area contributed by atoms with Gasteiger partial charge in [-0.15, -0.1) is 11.8 Å². The first-order valence-corrected chi connectivity index (χ1v) is 11.1. The van der Waals surface area contributed by atoms with Crippen LogP contribution in [0.4, 0.5) is 15.8 Å². The van der Waals surface area contributed by atoms with E-state index in [9.17, 15) is 14.0 Å². The SMILES string of the molecule is CCCCCCC(=O)Nc1cccc([C@@H]2SCC(=O)N2c2ccc(C)c(F)c2)c1. The topological polar surface area (TPSA) is 49.4 Å². The highest BCUT2D eigenvalue weighted by atomic mass is 32.2. The lowest BCUT2D eigenvalue weighted by Crippen LogP contribution is -2.28. The summed E-state index contributed by atoms with van der Waals surface area (Å²) in [7, 11) is 0. The number of hydrogen-bond acceptors (Lipinski definition) is 3. The highest BCUT2D eigenvalue weighted by molar-refractivity contribution is 8.00. The first kappa shape index (κ1) is 21.4. The molecule has 0 aliphatic carbocycles. The second kappa shape index (κ2) is 9.92. The lowest BCUT2D eigenvalue weighted by atomic mass is 10.1. The van der Waals surface area contributed by atoms with E-state index in [1.165, 1.54) is 17.8 Å². The normalized spacial score (nSPS) is 16.3. The van der Waals surface area contributed by atoms with Crippen molar-refractivity contribution in [2.24, 2.45) is 0 Å². The summed E-state index contributed by atoms with van der Waals surface area (Å²) >= 11 is 1.50. The summed E-state index contributed by atoms with van der Waals surface area (Å²) in [5.74, 6) is -0.0247. The molecule has 0 aromatic heterocycles. The van der Waals surface area contributed by atoms with Crippen LogP contribution in [0.15, 0.2) is 42.5 Å². The van der Waals surface area contributed by atoms with Gasteiger partial charge in [-0.3, -0.25) is 14.5 Å². The van der Waals surface area contributed by atoms with Crippen molar-refractivity contribution in [2.75, 3.05) is 16.0 Å². The predicted molar refractivity (Wildman–Crippen MR) is 118 cm³/mol. The zero-order chi connectivity index (χ0) is 20.8. The van der Waals surface area contributed by atoms with Gasteiger partial charge in [0.1, 0.15) is 11.2 Å². The van der Waals surface area contributed by atoms with E-state index in [4.69, 9.17) is 0 Å². The van der Waals surface area contributed by atoms with Crippen LogP contribution in [0, 0.1) is 12.7 Å². The zero-order valence-corrected chi connectivity index (χ0v) is 17.7. The molecular weight excluding hydrogens is 387 g/mol. The number of rotatable bonds is 8. The number of carbonyl (C=O) groups excluding carboxylic acids is 2. The number of thioether (sulfide) groups is 1. The fourth-order valence-corrected chi connectivity index (χ4v) is 4.55. The average Bonchev–Trinajstić information content (AvgIpc) is 3.09. The fourth-order valence-electron chi connectivity index (χ4n) is 3.39. The maximum absolute atomic E-state index is 14.1. The number of hydrogen-bond donors (Lipinski definition) is 1. The molecule has 154 valence electrons. The van der Waals surface area contributed by atoms with Crippen LogP contribution in [0.25, 0.3) is 0 Å². The zero-order valence-electron chi connectivity index (χ0n) is 16.9. The van der Waals surface area contributed by atoms with Gasteiger partial charge >= 0.3 is 0 Å². The Morgan fingerprint density at radius 1 is 1.21 bits per heavy atom. The molecule has 1 aliphatic heterocycles. The molecule has 0 radical (unpaired) electrons. The number of nitrogens with one attached hydrogen (secondary N) is 1. The minimum absolute atomic E-state index is 0.00543. The van der Waals surface area contributed by atoms with Gasteiger partial charge in [-0.25, -0.2) is 4.39 Å². The standard InChI is InChI=1S/C23H27FN2O2S/c1-3-4-5-6-10-21(27)25-18-9-7-8-17(13-18)23-26(22(28)15-29-23)19-12-11-16(2)20(24)14-19/h7-9,11-14,23H,3-6,10,15H2,1-2H3,(H,25,27)/t23-/m0/s1. The summed E-state index contributed by atoms with van der Waals surface area (Å²) in [6, 6.07) is 12.4. The summed E-state index contributed by atoms with van der Waals surface area (Å²) < 4.78 is 14.1. The Balaban J connectivity index is 1.74. The van der Waals surface area contributed by atoms with Gasteiger partial charge in [-0.05, 0) is 48.7 Å². The molecule has 2 aromatic rings. The van der Waals surface area contributed by atoms with Gasteiger partial charge in [0.25, 0.3) is 0 Å². The molecule has 2 amide bonds.